The molecule has 0 bridgehead atoms. The summed E-state index contributed by atoms with van der Waals surface area (Å²) in [7, 11) is 3.27. The molecule has 0 N–H and O–H groups in total. The Morgan fingerprint density at radius 1 is 0.870 bits per heavy atom. The molecule has 0 saturated heterocycles. The smallest absolute Gasteiger partial charge is 0.231 e. The highest BCUT2D eigenvalue weighted by atomic mass is 19.1. The molecule has 5 heteroatoms. The highest BCUT2D eigenvalue weighted by Crippen LogP contribution is 2.31. The fourth-order valence-electron chi connectivity index (χ4n) is 1.81. The molecule has 0 unspecified atom stereocenters. The molecule has 2 aromatic rings. The van der Waals surface area contributed by atoms with E-state index in [2.05, 4.69) is 0 Å². The highest BCUT2D eigenvalue weighted by molar-refractivity contribution is 5.42. The van der Waals surface area contributed by atoms with Crippen LogP contribution in [0, 0.1) is 12.7 Å². The standard InChI is InChI=1S/C9H12O2.C7H5FO2.C2H6/c1-7-4-5-8(10-2)9(6-7)11-3;8-5-1-2-6-7(3-5)10-4-9-6;1-2/h4-6H,1-3H3;1-3H,4H2;1-2H3. The van der Waals surface area contributed by atoms with Gasteiger partial charge in [0, 0.05) is 6.07 Å². The molecule has 2 aromatic carbocycles. The van der Waals surface area contributed by atoms with Crippen LogP contribution in [0.1, 0.15) is 19.4 Å². The molecule has 0 saturated carbocycles. The number of hydrogen-bond acceptors (Lipinski definition) is 4. The monoisotopic (exact) mass is 322 g/mol. The van der Waals surface area contributed by atoms with Crippen LogP contribution in [0.2, 0.25) is 0 Å². The Balaban J connectivity index is 0.000000208. The average Bonchev–Trinajstić information content (AvgIpc) is 3.04. The first-order valence-electron chi connectivity index (χ1n) is 7.38. The fourth-order valence-corrected chi connectivity index (χ4v) is 1.81. The van der Waals surface area contributed by atoms with Crippen molar-refractivity contribution in [1.29, 1.82) is 0 Å². The van der Waals surface area contributed by atoms with E-state index < -0.39 is 0 Å². The Labute approximate surface area is 136 Å². The zero-order valence-electron chi connectivity index (χ0n) is 14.2. The lowest BCUT2D eigenvalue weighted by atomic mass is 10.2. The van der Waals surface area contributed by atoms with Gasteiger partial charge >= 0.3 is 0 Å². The van der Waals surface area contributed by atoms with Crippen LogP contribution in [0.15, 0.2) is 36.4 Å². The third kappa shape index (κ3) is 5.36. The molecular formula is C18H23FO4. The van der Waals surface area contributed by atoms with Crippen LogP contribution >= 0.6 is 0 Å². The van der Waals surface area contributed by atoms with Crippen molar-refractivity contribution in [3.05, 3.63) is 47.8 Å². The van der Waals surface area contributed by atoms with Crippen molar-refractivity contribution in [3.8, 4) is 23.0 Å². The van der Waals surface area contributed by atoms with Gasteiger partial charge in [-0.2, -0.15) is 0 Å². The minimum absolute atomic E-state index is 0.193. The van der Waals surface area contributed by atoms with E-state index in [1.165, 1.54) is 17.7 Å². The molecule has 1 heterocycles. The first kappa shape index (κ1) is 18.6. The molecule has 1 aliphatic rings. The molecule has 0 radical (unpaired) electrons. The molecule has 0 atom stereocenters. The SMILES string of the molecule is CC.COc1ccc(C)cc1OC.Fc1ccc2c(c1)OCO2. The van der Waals surface area contributed by atoms with E-state index >= 15 is 0 Å². The van der Waals surface area contributed by atoms with Gasteiger partial charge in [0.05, 0.1) is 14.2 Å². The van der Waals surface area contributed by atoms with Crippen molar-refractivity contribution < 1.29 is 23.3 Å². The summed E-state index contributed by atoms with van der Waals surface area (Å²) in [6.45, 7) is 6.21. The summed E-state index contributed by atoms with van der Waals surface area (Å²) < 4.78 is 32.5. The van der Waals surface area contributed by atoms with Crippen molar-refractivity contribution in [3.63, 3.8) is 0 Å². The van der Waals surface area contributed by atoms with Gasteiger partial charge in [-0.1, -0.05) is 19.9 Å². The molecule has 3 rings (SSSR count). The predicted octanol–water partition coefficient (Wildman–Crippen LogP) is 4.59. The van der Waals surface area contributed by atoms with Crippen LogP contribution in [-0.4, -0.2) is 21.0 Å². The van der Waals surface area contributed by atoms with E-state index in [4.69, 9.17) is 18.9 Å². The number of halogens is 1. The maximum absolute atomic E-state index is 12.4. The summed E-state index contributed by atoms with van der Waals surface area (Å²) in [6.07, 6.45) is 0. The van der Waals surface area contributed by atoms with Crippen molar-refractivity contribution in [2.24, 2.45) is 0 Å². The molecule has 4 nitrogen and oxygen atoms in total. The van der Waals surface area contributed by atoms with Gasteiger partial charge in [-0.25, -0.2) is 4.39 Å². The number of methoxy groups -OCH3 is 2. The summed E-state index contributed by atoms with van der Waals surface area (Å²) >= 11 is 0. The molecule has 0 aliphatic carbocycles. The number of ether oxygens (including phenoxy) is 4. The minimum Gasteiger partial charge on any atom is -0.493 e. The summed E-state index contributed by atoms with van der Waals surface area (Å²) in [4.78, 5) is 0. The van der Waals surface area contributed by atoms with Crippen molar-refractivity contribution >= 4 is 0 Å². The van der Waals surface area contributed by atoms with E-state index in [1.807, 2.05) is 39.0 Å². The summed E-state index contributed by atoms with van der Waals surface area (Å²) in [5.74, 6) is 2.36. The average molecular weight is 322 g/mol. The van der Waals surface area contributed by atoms with E-state index in [0.29, 0.717) is 11.5 Å². The number of hydrogen-bond donors (Lipinski definition) is 0. The van der Waals surface area contributed by atoms with Crippen LogP contribution < -0.4 is 18.9 Å². The van der Waals surface area contributed by atoms with Crippen LogP contribution in [-0.2, 0) is 0 Å². The number of benzene rings is 2. The molecule has 126 valence electrons. The second-order valence-electron chi connectivity index (χ2n) is 4.36. The molecular weight excluding hydrogens is 299 g/mol. The van der Waals surface area contributed by atoms with E-state index in [-0.39, 0.29) is 12.6 Å². The van der Waals surface area contributed by atoms with Gasteiger partial charge < -0.3 is 18.9 Å². The van der Waals surface area contributed by atoms with Crippen LogP contribution in [0.5, 0.6) is 23.0 Å². The number of aryl methyl sites for hydroxylation is 1. The molecule has 0 aromatic heterocycles. The summed E-state index contributed by atoms with van der Waals surface area (Å²) in [5.41, 5.74) is 1.17. The van der Waals surface area contributed by atoms with Gasteiger partial charge in [-0.05, 0) is 36.8 Å². The zero-order valence-corrected chi connectivity index (χ0v) is 14.2. The number of fused-ring (bicyclic) bond motifs is 1. The molecule has 0 amide bonds. The molecule has 23 heavy (non-hydrogen) atoms. The van der Waals surface area contributed by atoms with E-state index in [9.17, 15) is 4.39 Å². The van der Waals surface area contributed by atoms with Gasteiger partial charge in [0.15, 0.2) is 23.0 Å². The van der Waals surface area contributed by atoms with Gasteiger partial charge in [0.1, 0.15) is 5.82 Å². The maximum Gasteiger partial charge on any atom is 0.231 e. The van der Waals surface area contributed by atoms with Crippen LogP contribution in [0.25, 0.3) is 0 Å². The van der Waals surface area contributed by atoms with Crippen LogP contribution in [0.4, 0.5) is 4.39 Å². The predicted molar refractivity (Wildman–Crippen MR) is 88.2 cm³/mol. The Bertz CT molecular complexity index is 614. The van der Waals surface area contributed by atoms with Crippen molar-refractivity contribution in [2.45, 2.75) is 20.8 Å². The van der Waals surface area contributed by atoms with E-state index in [0.717, 1.165) is 11.5 Å². The Morgan fingerprint density at radius 3 is 2.17 bits per heavy atom. The first-order chi connectivity index (χ1) is 11.1. The summed E-state index contributed by atoms with van der Waals surface area (Å²) in [6, 6.07) is 10.0. The van der Waals surface area contributed by atoms with Crippen LogP contribution in [0.3, 0.4) is 0 Å². The lowest BCUT2D eigenvalue weighted by Gasteiger charge is -2.06. The second-order valence-corrected chi connectivity index (χ2v) is 4.36. The van der Waals surface area contributed by atoms with Gasteiger partial charge in [-0.3, -0.25) is 0 Å². The lowest BCUT2D eigenvalue weighted by Crippen LogP contribution is -1.92. The van der Waals surface area contributed by atoms with Gasteiger partial charge in [0.2, 0.25) is 6.79 Å². The first-order valence-corrected chi connectivity index (χ1v) is 7.38. The minimum atomic E-state index is -0.302. The zero-order chi connectivity index (χ0) is 17.2. The fraction of sp³-hybridized carbons (Fsp3) is 0.333. The molecule has 1 aliphatic heterocycles. The Kier molecular flexibility index (Phi) is 7.74. The van der Waals surface area contributed by atoms with Crippen molar-refractivity contribution in [2.75, 3.05) is 21.0 Å². The largest absolute Gasteiger partial charge is 0.493 e. The second kappa shape index (κ2) is 9.56. The normalized spacial score (nSPS) is 10.7. The molecule has 0 fully saturated rings. The summed E-state index contributed by atoms with van der Waals surface area (Å²) in [5, 5.41) is 0. The third-order valence-corrected chi connectivity index (χ3v) is 2.87. The molecule has 0 spiro atoms. The Hall–Kier alpha value is -2.43. The Morgan fingerprint density at radius 2 is 1.52 bits per heavy atom. The third-order valence-electron chi connectivity index (χ3n) is 2.87. The quantitative estimate of drug-likeness (QED) is 0.810. The lowest BCUT2D eigenvalue weighted by molar-refractivity contribution is 0.174. The van der Waals surface area contributed by atoms with Gasteiger partial charge in [-0.15, -0.1) is 0 Å². The highest BCUT2D eigenvalue weighted by Gasteiger charge is 2.12. The van der Waals surface area contributed by atoms with Crippen molar-refractivity contribution in [1.82, 2.24) is 0 Å². The van der Waals surface area contributed by atoms with E-state index in [1.54, 1.807) is 20.3 Å². The number of rotatable bonds is 2. The maximum atomic E-state index is 12.4. The topological polar surface area (TPSA) is 36.9 Å². The van der Waals surface area contributed by atoms with Gasteiger partial charge in [0.25, 0.3) is 0 Å².